The molecule has 0 saturated heterocycles. The second-order valence-corrected chi connectivity index (χ2v) is 5.46. The van der Waals surface area contributed by atoms with Crippen LogP contribution in [-0.2, 0) is 12.8 Å². The van der Waals surface area contributed by atoms with Crippen LogP contribution < -0.4 is 4.74 Å². The van der Waals surface area contributed by atoms with Gasteiger partial charge in [-0.25, -0.2) is 4.39 Å². The molecule has 0 saturated carbocycles. The van der Waals surface area contributed by atoms with Crippen LogP contribution in [0.2, 0.25) is 5.02 Å². The van der Waals surface area contributed by atoms with Crippen LogP contribution in [0.4, 0.5) is 4.39 Å². The molecule has 0 fully saturated rings. The molecule has 0 heterocycles. The zero-order chi connectivity index (χ0) is 15.2. The number of ether oxygens (including phenoxy) is 1. The minimum atomic E-state index is -0.422. The molecule has 2 nitrogen and oxygen atoms in total. The Morgan fingerprint density at radius 3 is 2.48 bits per heavy atom. The maximum atomic E-state index is 13.2. The molecular weight excluding hydrogens is 291 g/mol. The number of methoxy groups -OCH3 is 1. The summed E-state index contributed by atoms with van der Waals surface area (Å²) >= 11 is 5.79. The van der Waals surface area contributed by atoms with Crippen LogP contribution in [0, 0.1) is 11.7 Å². The Labute approximate surface area is 129 Å². The first-order valence-corrected chi connectivity index (χ1v) is 7.18. The SMILES string of the molecule is COc1cccc(CC(CO)Cc2ccc(F)c(Cl)c2)c1. The van der Waals surface area contributed by atoms with Crippen LogP contribution in [0.1, 0.15) is 11.1 Å². The maximum Gasteiger partial charge on any atom is 0.141 e. The fraction of sp³-hybridized carbons (Fsp3) is 0.294. The lowest BCUT2D eigenvalue weighted by Crippen LogP contribution is -2.13. The topological polar surface area (TPSA) is 29.5 Å². The van der Waals surface area contributed by atoms with Crippen LogP contribution in [0.5, 0.6) is 5.75 Å². The third-order valence-electron chi connectivity index (χ3n) is 3.43. The van der Waals surface area contributed by atoms with E-state index in [1.54, 1.807) is 19.2 Å². The average molecular weight is 309 g/mol. The summed E-state index contributed by atoms with van der Waals surface area (Å²) in [5.41, 5.74) is 2.02. The lowest BCUT2D eigenvalue weighted by Gasteiger charge is -2.15. The summed E-state index contributed by atoms with van der Waals surface area (Å²) in [6.45, 7) is 0.0617. The van der Waals surface area contributed by atoms with Gasteiger partial charge in [-0.1, -0.05) is 29.8 Å². The van der Waals surface area contributed by atoms with Gasteiger partial charge in [0.1, 0.15) is 11.6 Å². The van der Waals surface area contributed by atoms with Crippen molar-refractivity contribution in [1.82, 2.24) is 0 Å². The average Bonchev–Trinajstić information content (AvgIpc) is 2.50. The number of aliphatic hydroxyl groups excluding tert-OH is 1. The molecule has 2 aromatic rings. The van der Waals surface area contributed by atoms with Gasteiger partial charge >= 0.3 is 0 Å². The number of aliphatic hydroxyl groups is 1. The zero-order valence-electron chi connectivity index (χ0n) is 11.9. The Kier molecular flexibility index (Phi) is 5.59. The highest BCUT2D eigenvalue weighted by Gasteiger charge is 2.11. The van der Waals surface area contributed by atoms with Crippen molar-refractivity contribution in [3.8, 4) is 5.75 Å². The molecule has 2 rings (SSSR count). The quantitative estimate of drug-likeness (QED) is 0.877. The van der Waals surface area contributed by atoms with Gasteiger partial charge < -0.3 is 9.84 Å². The van der Waals surface area contributed by atoms with Gasteiger partial charge in [0.2, 0.25) is 0 Å². The Morgan fingerprint density at radius 2 is 1.86 bits per heavy atom. The van der Waals surface area contributed by atoms with E-state index in [2.05, 4.69) is 0 Å². The van der Waals surface area contributed by atoms with Crippen molar-refractivity contribution in [2.24, 2.45) is 5.92 Å². The van der Waals surface area contributed by atoms with E-state index in [0.717, 1.165) is 23.3 Å². The van der Waals surface area contributed by atoms with Gasteiger partial charge in [0.25, 0.3) is 0 Å². The van der Waals surface area contributed by atoms with E-state index in [-0.39, 0.29) is 17.5 Å². The van der Waals surface area contributed by atoms with Crippen LogP contribution in [0.15, 0.2) is 42.5 Å². The second-order valence-electron chi connectivity index (χ2n) is 5.06. The Balaban J connectivity index is 2.07. The lowest BCUT2D eigenvalue weighted by molar-refractivity contribution is 0.225. The second kappa shape index (κ2) is 7.43. The van der Waals surface area contributed by atoms with Crippen LogP contribution in [0.25, 0.3) is 0 Å². The summed E-state index contributed by atoms with van der Waals surface area (Å²) < 4.78 is 18.3. The van der Waals surface area contributed by atoms with Crippen molar-refractivity contribution in [2.75, 3.05) is 13.7 Å². The van der Waals surface area contributed by atoms with Crippen molar-refractivity contribution in [3.05, 3.63) is 64.4 Å². The summed E-state index contributed by atoms with van der Waals surface area (Å²) in [6, 6.07) is 12.5. The standard InChI is InChI=1S/C17H18ClFO2/c1-21-15-4-2-3-12(9-15)7-14(11-20)8-13-5-6-17(19)16(18)10-13/h2-6,9-10,14,20H,7-8,11H2,1H3. The van der Waals surface area contributed by atoms with Gasteiger partial charge in [-0.2, -0.15) is 0 Å². The number of hydrogen-bond donors (Lipinski definition) is 1. The summed E-state index contributed by atoms with van der Waals surface area (Å²) in [7, 11) is 1.63. The number of hydrogen-bond acceptors (Lipinski definition) is 2. The largest absolute Gasteiger partial charge is 0.497 e. The van der Waals surface area contributed by atoms with Crippen LogP contribution >= 0.6 is 11.6 Å². The summed E-state index contributed by atoms with van der Waals surface area (Å²) in [6.07, 6.45) is 1.37. The highest BCUT2D eigenvalue weighted by Crippen LogP contribution is 2.21. The number of rotatable bonds is 6. The van der Waals surface area contributed by atoms with Gasteiger partial charge in [-0.05, 0) is 54.2 Å². The molecule has 2 aromatic carbocycles. The van der Waals surface area contributed by atoms with E-state index in [9.17, 15) is 9.50 Å². The monoisotopic (exact) mass is 308 g/mol. The first-order valence-electron chi connectivity index (χ1n) is 6.80. The minimum absolute atomic E-state index is 0.0543. The molecule has 0 aliphatic carbocycles. The van der Waals surface area contributed by atoms with E-state index >= 15 is 0 Å². The molecule has 112 valence electrons. The Hall–Kier alpha value is -1.58. The first kappa shape index (κ1) is 15.8. The molecule has 0 aliphatic rings. The summed E-state index contributed by atoms with van der Waals surface area (Å²) in [4.78, 5) is 0. The van der Waals surface area contributed by atoms with Crippen LogP contribution in [-0.4, -0.2) is 18.8 Å². The highest BCUT2D eigenvalue weighted by atomic mass is 35.5. The molecule has 0 aromatic heterocycles. The summed E-state index contributed by atoms with van der Waals surface area (Å²) in [5, 5.41) is 9.68. The number of benzene rings is 2. The third-order valence-corrected chi connectivity index (χ3v) is 3.71. The molecule has 1 atom stereocenters. The van der Waals surface area contributed by atoms with E-state index in [4.69, 9.17) is 16.3 Å². The van der Waals surface area contributed by atoms with Gasteiger partial charge in [0, 0.05) is 6.61 Å². The smallest absolute Gasteiger partial charge is 0.141 e. The molecule has 0 amide bonds. The highest BCUT2D eigenvalue weighted by molar-refractivity contribution is 6.30. The Bertz CT molecular complexity index is 601. The van der Waals surface area contributed by atoms with Gasteiger partial charge in [0.15, 0.2) is 0 Å². The van der Waals surface area contributed by atoms with Crippen molar-refractivity contribution < 1.29 is 14.2 Å². The van der Waals surface area contributed by atoms with Crippen molar-refractivity contribution in [2.45, 2.75) is 12.8 Å². The molecule has 1 unspecified atom stereocenters. The fourth-order valence-corrected chi connectivity index (χ4v) is 2.54. The Morgan fingerprint density at radius 1 is 1.14 bits per heavy atom. The lowest BCUT2D eigenvalue weighted by atomic mass is 9.93. The molecule has 0 bridgehead atoms. The normalized spacial score (nSPS) is 12.2. The van der Waals surface area contributed by atoms with Crippen molar-refractivity contribution in [1.29, 1.82) is 0 Å². The van der Waals surface area contributed by atoms with E-state index in [1.165, 1.54) is 6.07 Å². The maximum absolute atomic E-state index is 13.2. The van der Waals surface area contributed by atoms with Gasteiger partial charge in [-0.3, -0.25) is 0 Å². The third kappa shape index (κ3) is 4.45. The van der Waals surface area contributed by atoms with Crippen LogP contribution in [0.3, 0.4) is 0 Å². The van der Waals surface area contributed by atoms with E-state index in [1.807, 2.05) is 24.3 Å². The molecule has 4 heteroatoms. The fourth-order valence-electron chi connectivity index (χ4n) is 2.33. The molecule has 0 aliphatic heterocycles. The van der Waals surface area contributed by atoms with Gasteiger partial charge in [0.05, 0.1) is 12.1 Å². The molecule has 0 spiro atoms. The predicted octanol–water partition coefficient (Wildman–Crippen LogP) is 3.88. The molecular formula is C17H18ClFO2. The number of halogens is 2. The molecule has 1 N–H and O–H groups in total. The first-order chi connectivity index (χ1) is 10.1. The van der Waals surface area contributed by atoms with Gasteiger partial charge in [-0.15, -0.1) is 0 Å². The summed E-state index contributed by atoms with van der Waals surface area (Å²) in [5.74, 6) is 0.432. The zero-order valence-corrected chi connectivity index (χ0v) is 12.6. The van der Waals surface area contributed by atoms with Crippen molar-refractivity contribution in [3.63, 3.8) is 0 Å². The molecule has 0 radical (unpaired) electrons. The van der Waals surface area contributed by atoms with E-state index < -0.39 is 5.82 Å². The van der Waals surface area contributed by atoms with E-state index in [0.29, 0.717) is 6.42 Å². The minimum Gasteiger partial charge on any atom is -0.497 e. The predicted molar refractivity (Wildman–Crippen MR) is 82.4 cm³/mol. The van der Waals surface area contributed by atoms with Crippen molar-refractivity contribution >= 4 is 11.6 Å². The molecule has 21 heavy (non-hydrogen) atoms.